The van der Waals surface area contributed by atoms with Crippen molar-refractivity contribution < 1.29 is 19.4 Å². The summed E-state index contributed by atoms with van der Waals surface area (Å²) in [5.74, 6) is 0.474. The molecule has 0 aliphatic rings. The van der Waals surface area contributed by atoms with Gasteiger partial charge in [0, 0.05) is 5.56 Å². The van der Waals surface area contributed by atoms with Crippen LogP contribution in [0.5, 0.6) is 11.5 Å². The van der Waals surface area contributed by atoms with E-state index in [0.717, 1.165) is 16.7 Å². The maximum atomic E-state index is 11.6. The fourth-order valence-corrected chi connectivity index (χ4v) is 2.17. The number of aromatic hydroxyl groups is 1. The van der Waals surface area contributed by atoms with Crippen molar-refractivity contribution >= 4 is 5.97 Å². The summed E-state index contributed by atoms with van der Waals surface area (Å²) in [5.41, 5.74) is 2.54. The van der Waals surface area contributed by atoms with Crippen molar-refractivity contribution in [3.05, 3.63) is 48.0 Å². The summed E-state index contributed by atoms with van der Waals surface area (Å²) in [5, 5.41) is 9.91. The highest BCUT2D eigenvalue weighted by Crippen LogP contribution is 2.32. The standard InChI is InChI=1S/C18H20O4/c1-4-21-18(20)13(3)22-17-10-9-14(11-12(17)2)15-7-5-6-8-16(15)19/h5-11,13,19H,4H2,1-3H3. The fraction of sp³-hybridized carbons (Fsp3) is 0.278. The van der Waals surface area contributed by atoms with Gasteiger partial charge in [0.25, 0.3) is 0 Å². The second-order valence-corrected chi connectivity index (χ2v) is 5.01. The molecular weight excluding hydrogens is 280 g/mol. The lowest BCUT2D eigenvalue weighted by Crippen LogP contribution is -2.26. The molecule has 2 aromatic carbocycles. The fourth-order valence-electron chi connectivity index (χ4n) is 2.17. The number of hydrogen-bond acceptors (Lipinski definition) is 4. The number of phenols is 1. The van der Waals surface area contributed by atoms with Crippen LogP contribution in [-0.4, -0.2) is 23.8 Å². The van der Waals surface area contributed by atoms with Crippen LogP contribution in [-0.2, 0) is 9.53 Å². The van der Waals surface area contributed by atoms with Crippen molar-refractivity contribution in [1.82, 2.24) is 0 Å². The maximum absolute atomic E-state index is 11.6. The molecule has 0 aliphatic heterocycles. The quantitative estimate of drug-likeness (QED) is 0.855. The lowest BCUT2D eigenvalue weighted by Gasteiger charge is -2.16. The Bertz CT molecular complexity index is 664. The summed E-state index contributed by atoms with van der Waals surface area (Å²) in [4.78, 5) is 11.6. The highest BCUT2D eigenvalue weighted by Gasteiger charge is 2.17. The number of para-hydroxylation sites is 1. The Labute approximate surface area is 130 Å². The number of benzene rings is 2. The maximum Gasteiger partial charge on any atom is 0.347 e. The van der Waals surface area contributed by atoms with Gasteiger partial charge in [0.15, 0.2) is 6.10 Å². The molecule has 22 heavy (non-hydrogen) atoms. The minimum absolute atomic E-state index is 0.232. The summed E-state index contributed by atoms with van der Waals surface area (Å²) in [6, 6.07) is 12.7. The number of aryl methyl sites for hydroxylation is 1. The van der Waals surface area contributed by atoms with Gasteiger partial charge in [0.2, 0.25) is 0 Å². The predicted octanol–water partition coefficient (Wildman–Crippen LogP) is 3.70. The molecule has 0 saturated carbocycles. The lowest BCUT2D eigenvalue weighted by atomic mass is 10.0. The van der Waals surface area contributed by atoms with E-state index in [1.165, 1.54) is 0 Å². The molecule has 4 nitrogen and oxygen atoms in total. The SMILES string of the molecule is CCOC(=O)C(C)Oc1ccc(-c2ccccc2O)cc1C. The van der Waals surface area contributed by atoms with Gasteiger partial charge < -0.3 is 14.6 Å². The van der Waals surface area contributed by atoms with E-state index in [9.17, 15) is 9.90 Å². The van der Waals surface area contributed by atoms with Crippen molar-refractivity contribution in [2.24, 2.45) is 0 Å². The van der Waals surface area contributed by atoms with E-state index in [1.807, 2.05) is 31.2 Å². The molecule has 116 valence electrons. The third-order valence-corrected chi connectivity index (χ3v) is 3.31. The van der Waals surface area contributed by atoms with Crippen molar-refractivity contribution in [3.8, 4) is 22.6 Å². The number of ether oxygens (including phenoxy) is 2. The van der Waals surface area contributed by atoms with Crippen molar-refractivity contribution in [3.63, 3.8) is 0 Å². The van der Waals surface area contributed by atoms with Gasteiger partial charge in [0.05, 0.1) is 6.61 Å². The van der Waals surface area contributed by atoms with Gasteiger partial charge >= 0.3 is 5.97 Å². The van der Waals surface area contributed by atoms with Crippen LogP contribution in [0.2, 0.25) is 0 Å². The molecule has 4 heteroatoms. The first kappa shape index (κ1) is 15.9. The van der Waals surface area contributed by atoms with Gasteiger partial charge in [-0.05, 0) is 50.1 Å². The Hall–Kier alpha value is -2.49. The molecule has 0 aromatic heterocycles. The van der Waals surface area contributed by atoms with Crippen LogP contribution < -0.4 is 4.74 Å². The van der Waals surface area contributed by atoms with Crippen LogP contribution in [0.3, 0.4) is 0 Å². The number of hydrogen-bond donors (Lipinski definition) is 1. The first-order valence-corrected chi connectivity index (χ1v) is 7.25. The molecule has 0 spiro atoms. The second kappa shape index (κ2) is 6.98. The van der Waals surface area contributed by atoms with Crippen LogP contribution in [0.25, 0.3) is 11.1 Å². The summed E-state index contributed by atoms with van der Waals surface area (Å²) < 4.78 is 10.6. The van der Waals surface area contributed by atoms with Crippen LogP contribution in [0.15, 0.2) is 42.5 Å². The van der Waals surface area contributed by atoms with E-state index >= 15 is 0 Å². The van der Waals surface area contributed by atoms with Gasteiger partial charge in [-0.25, -0.2) is 4.79 Å². The molecule has 0 fully saturated rings. The monoisotopic (exact) mass is 300 g/mol. The topological polar surface area (TPSA) is 55.8 Å². The largest absolute Gasteiger partial charge is 0.507 e. The van der Waals surface area contributed by atoms with Crippen LogP contribution in [0, 0.1) is 6.92 Å². The third-order valence-electron chi connectivity index (χ3n) is 3.31. The minimum atomic E-state index is -0.658. The predicted molar refractivity (Wildman–Crippen MR) is 85.0 cm³/mol. The molecule has 0 bridgehead atoms. The third kappa shape index (κ3) is 3.58. The van der Waals surface area contributed by atoms with Crippen molar-refractivity contribution in [2.45, 2.75) is 26.9 Å². The van der Waals surface area contributed by atoms with E-state index < -0.39 is 6.10 Å². The zero-order chi connectivity index (χ0) is 16.1. The molecule has 2 aromatic rings. The summed E-state index contributed by atoms with van der Waals surface area (Å²) in [6.45, 7) is 5.65. The van der Waals surface area contributed by atoms with Gasteiger partial charge in [0.1, 0.15) is 11.5 Å². The minimum Gasteiger partial charge on any atom is -0.507 e. The van der Waals surface area contributed by atoms with Gasteiger partial charge in [-0.2, -0.15) is 0 Å². The van der Waals surface area contributed by atoms with E-state index in [4.69, 9.17) is 9.47 Å². The lowest BCUT2D eigenvalue weighted by molar-refractivity contribution is -0.150. The zero-order valence-electron chi connectivity index (χ0n) is 13.0. The average molecular weight is 300 g/mol. The molecule has 0 aliphatic carbocycles. The molecule has 0 amide bonds. The number of phenolic OH excluding ortho intramolecular Hbond substituents is 1. The molecule has 1 N–H and O–H groups in total. The second-order valence-electron chi connectivity index (χ2n) is 5.01. The number of esters is 1. The number of rotatable bonds is 5. The summed E-state index contributed by atoms with van der Waals surface area (Å²) in [6.07, 6.45) is -0.658. The highest BCUT2D eigenvalue weighted by molar-refractivity contribution is 5.75. The molecule has 2 rings (SSSR count). The van der Waals surface area contributed by atoms with Crippen LogP contribution in [0.4, 0.5) is 0 Å². The molecular formula is C18H20O4. The number of carbonyl (C=O) groups is 1. The first-order valence-electron chi connectivity index (χ1n) is 7.25. The normalized spacial score (nSPS) is 11.8. The number of carbonyl (C=O) groups excluding carboxylic acids is 1. The van der Waals surface area contributed by atoms with Crippen molar-refractivity contribution in [2.75, 3.05) is 6.61 Å². The molecule has 1 unspecified atom stereocenters. The Kier molecular flexibility index (Phi) is 5.04. The van der Waals surface area contributed by atoms with E-state index in [1.54, 1.807) is 32.0 Å². The Morgan fingerprint density at radius 2 is 1.95 bits per heavy atom. The Morgan fingerprint density at radius 3 is 2.59 bits per heavy atom. The van der Waals surface area contributed by atoms with E-state index in [-0.39, 0.29) is 11.7 Å². The summed E-state index contributed by atoms with van der Waals surface area (Å²) in [7, 11) is 0. The Balaban J connectivity index is 2.20. The zero-order valence-corrected chi connectivity index (χ0v) is 13.0. The van der Waals surface area contributed by atoms with E-state index in [2.05, 4.69) is 0 Å². The molecule has 1 atom stereocenters. The van der Waals surface area contributed by atoms with Gasteiger partial charge in [-0.15, -0.1) is 0 Å². The van der Waals surface area contributed by atoms with Gasteiger partial charge in [-0.1, -0.05) is 24.3 Å². The van der Waals surface area contributed by atoms with Crippen molar-refractivity contribution in [1.29, 1.82) is 0 Å². The van der Waals surface area contributed by atoms with Crippen LogP contribution in [0.1, 0.15) is 19.4 Å². The average Bonchev–Trinajstić information content (AvgIpc) is 2.50. The molecule has 0 heterocycles. The molecule has 0 radical (unpaired) electrons. The van der Waals surface area contributed by atoms with Gasteiger partial charge in [-0.3, -0.25) is 0 Å². The molecule has 0 saturated heterocycles. The van der Waals surface area contributed by atoms with Crippen LogP contribution >= 0.6 is 0 Å². The highest BCUT2D eigenvalue weighted by atomic mass is 16.6. The Morgan fingerprint density at radius 1 is 1.23 bits per heavy atom. The smallest absolute Gasteiger partial charge is 0.347 e. The first-order chi connectivity index (χ1) is 10.5. The van der Waals surface area contributed by atoms with E-state index in [0.29, 0.717) is 12.4 Å². The summed E-state index contributed by atoms with van der Waals surface area (Å²) >= 11 is 0.